The fourth-order valence-electron chi connectivity index (χ4n) is 1.95. The van der Waals surface area contributed by atoms with Gasteiger partial charge in [0.15, 0.2) is 0 Å². The number of ether oxygens (including phenoxy) is 2. The van der Waals surface area contributed by atoms with E-state index in [1.54, 1.807) is 18.7 Å². The number of esters is 2. The second-order valence-electron chi connectivity index (χ2n) is 4.38. The van der Waals surface area contributed by atoms with Crippen molar-refractivity contribution in [1.82, 2.24) is 4.90 Å². The lowest BCUT2D eigenvalue weighted by molar-refractivity contribution is -0.147. The van der Waals surface area contributed by atoms with Gasteiger partial charge in [0.25, 0.3) is 0 Å². The smallest absolute Gasteiger partial charge is 0.345 e. The number of hydrogen-bond donors (Lipinski definition) is 0. The Balaban J connectivity index is 2.84. The number of amides is 1. The molecule has 20 heavy (non-hydrogen) atoms. The van der Waals surface area contributed by atoms with E-state index >= 15 is 0 Å². The van der Waals surface area contributed by atoms with Gasteiger partial charge < -0.3 is 14.4 Å². The monoisotopic (exact) mass is 283 g/mol. The molecule has 112 valence electrons. The normalized spacial score (nSPS) is 14.4. The van der Waals surface area contributed by atoms with Crippen LogP contribution in [0, 0.1) is 0 Å². The van der Waals surface area contributed by atoms with Crippen molar-refractivity contribution in [3.8, 4) is 0 Å². The lowest BCUT2D eigenvalue weighted by Crippen LogP contribution is -2.35. The van der Waals surface area contributed by atoms with Crippen LogP contribution in [0.4, 0.5) is 0 Å². The van der Waals surface area contributed by atoms with Crippen molar-refractivity contribution in [2.75, 3.05) is 26.3 Å². The minimum Gasteiger partial charge on any atom is -0.462 e. The zero-order valence-electron chi connectivity index (χ0n) is 12.0. The molecule has 0 atom stereocenters. The van der Waals surface area contributed by atoms with E-state index in [4.69, 9.17) is 9.47 Å². The molecule has 1 aliphatic rings. The van der Waals surface area contributed by atoms with Crippen molar-refractivity contribution < 1.29 is 23.9 Å². The summed E-state index contributed by atoms with van der Waals surface area (Å²) < 4.78 is 9.56. The van der Waals surface area contributed by atoms with Gasteiger partial charge in [0, 0.05) is 19.2 Å². The molecule has 0 radical (unpaired) electrons. The van der Waals surface area contributed by atoms with E-state index in [1.165, 1.54) is 0 Å². The van der Waals surface area contributed by atoms with Crippen molar-refractivity contribution in [2.24, 2.45) is 0 Å². The van der Waals surface area contributed by atoms with Crippen LogP contribution in [0.15, 0.2) is 11.6 Å². The molecule has 0 N–H and O–H groups in total. The number of rotatable bonds is 5. The first-order valence-electron chi connectivity index (χ1n) is 6.95. The van der Waals surface area contributed by atoms with E-state index < -0.39 is 11.9 Å². The summed E-state index contributed by atoms with van der Waals surface area (Å²) in [6, 6.07) is 0. The second-order valence-corrected chi connectivity index (χ2v) is 4.38. The number of carbonyl (C=O) groups excluding carboxylic acids is 3. The summed E-state index contributed by atoms with van der Waals surface area (Å²) in [6.07, 6.45) is 4.00. The fraction of sp³-hybridized carbons (Fsp3) is 0.643. The van der Waals surface area contributed by atoms with Crippen molar-refractivity contribution in [1.29, 1.82) is 0 Å². The van der Waals surface area contributed by atoms with Crippen LogP contribution in [0.5, 0.6) is 0 Å². The van der Waals surface area contributed by atoms with Crippen LogP contribution in [-0.4, -0.2) is 49.0 Å². The highest BCUT2D eigenvalue weighted by Gasteiger charge is 2.24. The molecule has 6 heteroatoms. The number of nitrogens with zero attached hydrogens (tertiary/aromatic N) is 1. The molecule has 1 fully saturated rings. The van der Waals surface area contributed by atoms with Crippen LogP contribution in [0.25, 0.3) is 0 Å². The Labute approximate surface area is 118 Å². The predicted octanol–water partition coefficient (Wildman–Crippen LogP) is 1.05. The van der Waals surface area contributed by atoms with Gasteiger partial charge in [0.2, 0.25) is 5.91 Å². The first kappa shape index (κ1) is 16.2. The SMILES string of the molecule is CCOC(=O)C(=CC(=O)N1CCCCC1)C(=O)OCC. The average Bonchev–Trinajstić information content (AvgIpc) is 2.45. The van der Waals surface area contributed by atoms with Crippen molar-refractivity contribution in [3.63, 3.8) is 0 Å². The molecular formula is C14H21NO5. The van der Waals surface area contributed by atoms with Crippen molar-refractivity contribution in [2.45, 2.75) is 33.1 Å². The lowest BCUT2D eigenvalue weighted by Gasteiger charge is -2.25. The molecule has 1 rings (SSSR count). The van der Waals surface area contributed by atoms with Crippen LogP contribution in [-0.2, 0) is 23.9 Å². The van der Waals surface area contributed by atoms with Crippen LogP contribution >= 0.6 is 0 Å². The molecule has 1 heterocycles. The van der Waals surface area contributed by atoms with Gasteiger partial charge in [-0.1, -0.05) is 0 Å². The minimum atomic E-state index is -0.823. The molecule has 0 saturated carbocycles. The van der Waals surface area contributed by atoms with Gasteiger partial charge in [-0.3, -0.25) is 4.79 Å². The minimum absolute atomic E-state index is 0.132. The van der Waals surface area contributed by atoms with Crippen LogP contribution in [0.1, 0.15) is 33.1 Å². The summed E-state index contributed by atoms with van der Waals surface area (Å²) >= 11 is 0. The van der Waals surface area contributed by atoms with Crippen LogP contribution < -0.4 is 0 Å². The molecule has 0 spiro atoms. The topological polar surface area (TPSA) is 72.9 Å². The molecule has 1 saturated heterocycles. The Bertz CT molecular complexity index is 376. The van der Waals surface area contributed by atoms with E-state index in [2.05, 4.69) is 0 Å². The van der Waals surface area contributed by atoms with Gasteiger partial charge in [-0.25, -0.2) is 9.59 Å². The largest absolute Gasteiger partial charge is 0.462 e. The maximum atomic E-state index is 12.1. The molecule has 6 nitrogen and oxygen atoms in total. The molecule has 0 aromatic carbocycles. The first-order chi connectivity index (χ1) is 9.60. The summed E-state index contributed by atoms with van der Waals surface area (Å²) in [5.41, 5.74) is -0.343. The van der Waals surface area contributed by atoms with Gasteiger partial charge in [0.1, 0.15) is 5.57 Å². The van der Waals surface area contributed by atoms with E-state index in [1.807, 2.05) is 0 Å². The molecule has 0 unspecified atom stereocenters. The second kappa shape index (κ2) is 8.35. The zero-order chi connectivity index (χ0) is 15.0. The Morgan fingerprint density at radius 1 is 0.950 bits per heavy atom. The third-order valence-electron chi connectivity index (χ3n) is 2.93. The highest BCUT2D eigenvalue weighted by molar-refractivity contribution is 6.17. The van der Waals surface area contributed by atoms with Crippen LogP contribution in [0.3, 0.4) is 0 Å². The maximum absolute atomic E-state index is 12.1. The quantitative estimate of drug-likeness (QED) is 0.326. The summed E-state index contributed by atoms with van der Waals surface area (Å²) in [5, 5.41) is 0. The molecular weight excluding hydrogens is 262 g/mol. The number of piperidine rings is 1. The van der Waals surface area contributed by atoms with Gasteiger partial charge in [-0.05, 0) is 33.1 Å². The van der Waals surface area contributed by atoms with Gasteiger partial charge in [0.05, 0.1) is 13.2 Å². The van der Waals surface area contributed by atoms with Gasteiger partial charge >= 0.3 is 11.9 Å². The van der Waals surface area contributed by atoms with Crippen LogP contribution in [0.2, 0.25) is 0 Å². The summed E-state index contributed by atoms with van der Waals surface area (Å²) in [6.45, 7) is 4.82. The lowest BCUT2D eigenvalue weighted by atomic mass is 10.1. The Morgan fingerprint density at radius 2 is 1.45 bits per heavy atom. The summed E-state index contributed by atoms with van der Waals surface area (Å²) in [5.74, 6) is -1.99. The highest BCUT2D eigenvalue weighted by atomic mass is 16.6. The molecule has 0 aromatic heterocycles. The van der Waals surface area contributed by atoms with Crippen molar-refractivity contribution in [3.05, 3.63) is 11.6 Å². The maximum Gasteiger partial charge on any atom is 0.345 e. The predicted molar refractivity (Wildman–Crippen MR) is 71.8 cm³/mol. The molecule has 1 amide bonds. The molecule has 0 aromatic rings. The van der Waals surface area contributed by atoms with Gasteiger partial charge in [-0.15, -0.1) is 0 Å². The molecule has 0 aliphatic carbocycles. The molecule has 0 bridgehead atoms. The Hall–Kier alpha value is -1.85. The third kappa shape index (κ3) is 4.68. The van der Waals surface area contributed by atoms with E-state index in [0.29, 0.717) is 13.1 Å². The summed E-state index contributed by atoms with van der Waals surface area (Å²) in [7, 11) is 0. The van der Waals surface area contributed by atoms with E-state index in [-0.39, 0.29) is 24.7 Å². The van der Waals surface area contributed by atoms with Crippen molar-refractivity contribution >= 4 is 17.8 Å². The number of carbonyl (C=O) groups is 3. The highest BCUT2D eigenvalue weighted by Crippen LogP contribution is 2.11. The summed E-state index contributed by atoms with van der Waals surface area (Å²) in [4.78, 5) is 37.1. The Kier molecular flexibility index (Phi) is 6.76. The number of likely N-dealkylation sites (tertiary alicyclic amines) is 1. The van der Waals surface area contributed by atoms with E-state index in [9.17, 15) is 14.4 Å². The van der Waals surface area contributed by atoms with Gasteiger partial charge in [-0.2, -0.15) is 0 Å². The number of hydrogen-bond acceptors (Lipinski definition) is 5. The average molecular weight is 283 g/mol. The first-order valence-corrected chi connectivity index (χ1v) is 6.95. The Morgan fingerprint density at radius 3 is 1.90 bits per heavy atom. The molecule has 1 aliphatic heterocycles. The standard InChI is InChI=1S/C14H21NO5/c1-3-19-13(17)11(14(18)20-4-2)10-12(16)15-8-6-5-7-9-15/h10H,3-9H2,1-2H3. The fourth-order valence-corrected chi connectivity index (χ4v) is 1.95. The van der Waals surface area contributed by atoms with E-state index in [0.717, 1.165) is 25.3 Å². The third-order valence-corrected chi connectivity index (χ3v) is 2.93. The zero-order valence-corrected chi connectivity index (χ0v) is 12.0.